The van der Waals surface area contributed by atoms with E-state index in [0.717, 1.165) is 28.6 Å². The topological polar surface area (TPSA) is 38.7 Å². The lowest BCUT2D eigenvalue weighted by atomic mass is 9.77. The van der Waals surface area contributed by atoms with Crippen molar-refractivity contribution in [3.63, 3.8) is 0 Å². The van der Waals surface area contributed by atoms with Gasteiger partial charge < -0.3 is 14.6 Å². The molecule has 1 unspecified atom stereocenters. The van der Waals surface area contributed by atoms with Crippen molar-refractivity contribution >= 4 is 15.9 Å². The Morgan fingerprint density at radius 2 is 2.16 bits per heavy atom. The summed E-state index contributed by atoms with van der Waals surface area (Å²) < 4.78 is 13.0. The minimum atomic E-state index is -0.463. The monoisotopic (exact) mass is 326 g/mol. The standard InChI is InChI=1S/C15H19BrO3/c1-14(2)9-15(5-6-18-14)8-12(17)11-7-10(16)3-4-13(11)19-15/h3-4,7,12,17H,5-6,8-9H2,1-2H3/t12-,15?/m1/s1. The van der Waals surface area contributed by atoms with Crippen molar-refractivity contribution in [3.05, 3.63) is 28.2 Å². The number of aliphatic hydroxyl groups is 1. The van der Waals surface area contributed by atoms with Crippen LogP contribution in [0.25, 0.3) is 0 Å². The van der Waals surface area contributed by atoms with Crippen LogP contribution in [0.1, 0.15) is 44.8 Å². The van der Waals surface area contributed by atoms with Crippen molar-refractivity contribution in [2.24, 2.45) is 0 Å². The third kappa shape index (κ3) is 2.54. The minimum absolute atomic E-state index is 0.190. The number of rotatable bonds is 0. The molecule has 0 radical (unpaired) electrons. The molecule has 1 fully saturated rings. The molecule has 1 aromatic carbocycles. The molecular formula is C15H19BrO3. The first-order chi connectivity index (χ1) is 8.89. The molecule has 0 amide bonds. The summed E-state index contributed by atoms with van der Waals surface area (Å²) in [5.74, 6) is 0.805. The van der Waals surface area contributed by atoms with Crippen LogP contribution in [0, 0.1) is 0 Å². The second-order valence-corrected chi connectivity index (χ2v) is 7.14. The van der Waals surface area contributed by atoms with E-state index in [2.05, 4.69) is 29.8 Å². The van der Waals surface area contributed by atoms with E-state index in [1.54, 1.807) is 0 Å². The van der Waals surface area contributed by atoms with E-state index in [1.807, 2.05) is 18.2 Å². The maximum absolute atomic E-state index is 10.4. The fourth-order valence-corrected chi connectivity index (χ4v) is 3.68. The number of ether oxygens (including phenoxy) is 2. The van der Waals surface area contributed by atoms with Crippen LogP contribution in [0.4, 0.5) is 0 Å². The van der Waals surface area contributed by atoms with Gasteiger partial charge in [-0.3, -0.25) is 0 Å². The summed E-state index contributed by atoms with van der Waals surface area (Å²) in [6.07, 6.45) is 1.83. The Bertz CT molecular complexity index is 500. The van der Waals surface area contributed by atoms with Gasteiger partial charge in [0.2, 0.25) is 0 Å². The van der Waals surface area contributed by atoms with E-state index >= 15 is 0 Å². The number of halogens is 1. The summed E-state index contributed by atoms with van der Waals surface area (Å²) in [6, 6.07) is 5.83. The Labute approximate surface area is 122 Å². The van der Waals surface area contributed by atoms with Crippen LogP contribution < -0.4 is 4.74 Å². The Hall–Kier alpha value is -0.580. The lowest BCUT2D eigenvalue weighted by Crippen LogP contribution is -2.51. The lowest BCUT2D eigenvalue weighted by Gasteiger charge is -2.48. The molecule has 2 aliphatic heterocycles. The Kier molecular flexibility index (Phi) is 3.15. The molecule has 0 aliphatic carbocycles. The first-order valence-corrected chi connectivity index (χ1v) is 7.49. The summed E-state index contributed by atoms with van der Waals surface area (Å²) in [5.41, 5.74) is 0.400. The molecule has 2 aliphatic rings. The van der Waals surface area contributed by atoms with Crippen LogP contribution in [0.3, 0.4) is 0 Å². The first kappa shape index (κ1) is 13.4. The molecule has 0 saturated carbocycles. The molecule has 2 heterocycles. The quantitative estimate of drug-likeness (QED) is 0.791. The smallest absolute Gasteiger partial charge is 0.126 e. The molecular weight excluding hydrogens is 308 g/mol. The van der Waals surface area contributed by atoms with Crippen molar-refractivity contribution in [2.75, 3.05) is 6.61 Å². The van der Waals surface area contributed by atoms with Crippen LogP contribution >= 0.6 is 15.9 Å². The highest BCUT2D eigenvalue weighted by Crippen LogP contribution is 2.47. The minimum Gasteiger partial charge on any atom is -0.487 e. The van der Waals surface area contributed by atoms with E-state index in [1.165, 1.54) is 0 Å². The lowest BCUT2D eigenvalue weighted by molar-refractivity contribution is -0.151. The van der Waals surface area contributed by atoms with E-state index in [9.17, 15) is 5.11 Å². The zero-order valence-corrected chi connectivity index (χ0v) is 12.9. The molecule has 4 heteroatoms. The molecule has 1 saturated heterocycles. The van der Waals surface area contributed by atoms with Gasteiger partial charge in [0, 0.05) is 29.3 Å². The van der Waals surface area contributed by atoms with Gasteiger partial charge >= 0.3 is 0 Å². The normalized spacial score (nSPS) is 32.7. The van der Waals surface area contributed by atoms with E-state index in [4.69, 9.17) is 9.47 Å². The molecule has 1 aromatic rings. The van der Waals surface area contributed by atoms with Gasteiger partial charge in [0.15, 0.2) is 0 Å². The van der Waals surface area contributed by atoms with Gasteiger partial charge in [-0.1, -0.05) is 15.9 Å². The predicted molar refractivity (Wildman–Crippen MR) is 76.3 cm³/mol. The van der Waals surface area contributed by atoms with E-state index in [-0.39, 0.29) is 11.2 Å². The molecule has 1 spiro atoms. The zero-order chi connectivity index (χ0) is 13.7. The first-order valence-electron chi connectivity index (χ1n) is 6.70. The summed E-state index contributed by atoms with van der Waals surface area (Å²) in [7, 11) is 0. The van der Waals surface area contributed by atoms with Gasteiger partial charge in [-0.2, -0.15) is 0 Å². The van der Waals surface area contributed by atoms with Gasteiger partial charge in [-0.15, -0.1) is 0 Å². The Morgan fingerprint density at radius 1 is 1.37 bits per heavy atom. The summed E-state index contributed by atoms with van der Waals surface area (Å²) in [4.78, 5) is 0. The number of benzene rings is 1. The maximum atomic E-state index is 10.4. The SMILES string of the molecule is CC1(C)CC2(CCO1)C[C@@H](O)c1cc(Br)ccc1O2. The van der Waals surface area contributed by atoms with Crippen molar-refractivity contribution in [2.45, 2.75) is 50.4 Å². The second-order valence-electron chi connectivity index (χ2n) is 6.22. The Morgan fingerprint density at radius 3 is 2.89 bits per heavy atom. The molecule has 1 N–H and O–H groups in total. The highest BCUT2D eigenvalue weighted by atomic mass is 79.9. The third-order valence-electron chi connectivity index (χ3n) is 4.02. The maximum Gasteiger partial charge on any atom is 0.126 e. The van der Waals surface area contributed by atoms with Gasteiger partial charge in [0.1, 0.15) is 11.4 Å². The molecule has 19 heavy (non-hydrogen) atoms. The van der Waals surface area contributed by atoms with Gasteiger partial charge in [0.05, 0.1) is 18.3 Å². The number of aliphatic hydroxyl groups excluding tert-OH is 1. The number of hydrogen-bond acceptors (Lipinski definition) is 3. The van der Waals surface area contributed by atoms with Crippen LogP contribution in [-0.2, 0) is 4.74 Å². The number of fused-ring (bicyclic) bond motifs is 1. The van der Waals surface area contributed by atoms with Crippen LogP contribution in [0.5, 0.6) is 5.75 Å². The molecule has 104 valence electrons. The highest BCUT2D eigenvalue weighted by molar-refractivity contribution is 9.10. The molecule has 3 rings (SSSR count). The summed E-state index contributed by atoms with van der Waals surface area (Å²) in [6.45, 7) is 4.85. The average Bonchev–Trinajstić information content (AvgIpc) is 2.29. The predicted octanol–water partition coefficient (Wildman–Crippen LogP) is 3.59. The van der Waals surface area contributed by atoms with Gasteiger partial charge in [-0.05, 0) is 32.0 Å². The highest BCUT2D eigenvalue weighted by Gasteiger charge is 2.47. The summed E-state index contributed by atoms with van der Waals surface area (Å²) in [5, 5.41) is 10.4. The van der Waals surface area contributed by atoms with Crippen LogP contribution in [0.15, 0.2) is 22.7 Å². The average molecular weight is 327 g/mol. The zero-order valence-electron chi connectivity index (χ0n) is 11.3. The van der Waals surface area contributed by atoms with E-state index < -0.39 is 6.10 Å². The molecule has 0 bridgehead atoms. The van der Waals surface area contributed by atoms with Crippen molar-refractivity contribution in [3.8, 4) is 5.75 Å². The summed E-state index contributed by atoms with van der Waals surface area (Å²) >= 11 is 3.44. The third-order valence-corrected chi connectivity index (χ3v) is 4.51. The van der Waals surface area contributed by atoms with Crippen molar-refractivity contribution in [1.82, 2.24) is 0 Å². The van der Waals surface area contributed by atoms with Crippen LogP contribution in [0.2, 0.25) is 0 Å². The molecule has 2 atom stereocenters. The van der Waals surface area contributed by atoms with Gasteiger partial charge in [0.25, 0.3) is 0 Å². The van der Waals surface area contributed by atoms with E-state index in [0.29, 0.717) is 13.0 Å². The molecule has 0 aromatic heterocycles. The van der Waals surface area contributed by atoms with Crippen molar-refractivity contribution in [1.29, 1.82) is 0 Å². The fourth-order valence-electron chi connectivity index (χ4n) is 3.30. The van der Waals surface area contributed by atoms with Gasteiger partial charge in [-0.25, -0.2) is 0 Å². The van der Waals surface area contributed by atoms with Crippen LogP contribution in [-0.4, -0.2) is 22.9 Å². The van der Waals surface area contributed by atoms with Crippen molar-refractivity contribution < 1.29 is 14.6 Å². The molecule has 3 nitrogen and oxygen atoms in total. The second kappa shape index (κ2) is 4.47. The largest absolute Gasteiger partial charge is 0.487 e. The fraction of sp³-hybridized carbons (Fsp3) is 0.600. The Balaban J connectivity index is 1.94. The number of hydrogen-bond donors (Lipinski definition) is 1.